The maximum Gasteiger partial charge on any atom is 0.254 e. The van der Waals surface area contributed by atoms with E-state index in [1.165, 1.54) is 32.2 Å². The summed E-state index contributed by atoms with van der Waals surface area (Å²) in [5, 5.41) is 3.71. The van der Waals surface area contributed by atoms with E-state index in [-0.39, 0.29) is 11.8 Å². The summed E-state index contributed by atoms with van der Waals surface area (Å²) in [4.78, 5) is 29.9. The molecule has 1 N–H and O–H groups in total. The summed E-state index contributed by atoms with van der Waals surface area (Å²) >= 11 is 5.95. The molecule has 0 aromatic heterocycles. The molecule has 1 saturated heterocycles. The summed E-state index contributed by atoms with van der Waals surface area (Å²) in [6.45, 7) is 6.21. The number of likely N-dealkylation sites (tertiary alicyclic amines) is 1. The first-order chi connectivity index (χ1) is 15.5. The second-order valence-corrected chi connectivity index (χ2v) is 9.30. The molecular weight excluding hydrogens is 422 g/mol. The number of nitrogens with one attached hydrogen (secondary N) is 1. The Bertz CT molecular complexity index is 960. The van der Waals surface area contributed by atoms with Crippen LogP contribution >= 0.6 is 11.6 Å². The maximum absolute atomic E-state index is 12.9. The quantitative estimate of drug-likeness (QED) is 0.579. The first-order valence-electron chi connectivity index (χ1n) is 11.7. The molecule has 2 aliphatic rings. The van der Waals surface area contributed by atoms with Crippen LogP contribution in [0.1, 0.15) is 70.9 Å². The maximum atomic E-state index is 12.9. The van der Waals surface area contributed by atoms with Crippen molar-refractivity contribution in [2.24, 2.45) is 0 Å². The third-order valence-corrected chi connectivity index (χ3v) is 6.92. The minimum atomic E-state index is -0.109. The second kappa shape index (κ2) is 10.5. The van der Waals surface area contributed by atoms with E-state index in [2.05, 4.69) is 17.1 Å². The summed E-state index contributed by atoms with van der Waals surface area (Å²) in [5.74, 6) is -0.136. The molecule has 0 aliphatic carbocycles. The van der Waals surface area contributed by atoms with Crippen LogP contribution < -0.4 is 5.32 Å². The van der Waals surface area contributed by atoms with Gasteiger partial charge in [-0.3, -0.25) is 9.59 Å². The van der Waals surface area contributed by atoms with Gasteiger partial charge in [-0.05, 0) is 67.6 Å². The molecule has 1 unspecified atom stereocenters. The molecule has 2 amide bonds. The molecule has 0 bridgehead atoms. The Morgan fingerprint density at radius 1 is 1.16 bits per heavy atom. The number of benzene rings is 2. The summed E-state index contributed by atoms with van der Waals surface area (Å²) in [6.07, 6.45) is 6.05. The van der Waals surface area contributed by atoms with Gasteiger partial charge in [-0.25, -0.2) is 0 Å². The highest BCUT2D eigenvalue weighted by Crippen LogP contribution is 2.26. The fraction of sp³-hybridized carbons (Fsp3) is 0.462. The van der Waals surface area contributed by atoms with Crippen molar-refractivity contribution in [1.29, 1.82) is 0 Å². The lowest BCUT2D eigenvalue weighted by Crippen LogP contribution is -2.40. The minimum Gasteiger partial charge on any atom is -0.352 e. The van der Waals surface area contributed by atoms with Crippen molar-refractivity contribution in [2.45, 2.75) is 58.2 Å². The van der Waals surface area contributed by atoms with Crippen LogP contribution in [-0.4, -0.2) is 47.3 Å². The molecule has 0 saturated carbocycles. The number of carbonyl (C=O) groups is 2. The molecule has 2 aromatic rings. The largest absolute Gasteiger partial charge is 0.352 e. The van der Waals surface area contributed by atoms with Crippen molar-refractivity contribution in [2.75, 3.05) is 19.6 Å². The van der Waals surface area contributed by atoms with Gasteiger partial charge in [0.05, 0.1) is 0 Å². The topological polar surface area (TPSA) is 52.7 Å². The summed E-state index contributed by atoms with van der Waals surface area (Å²) in [6, 6.07) is 13.7. The molecule has 2 aromatic carbocycles. The summed E-state index contributed by atoms with van der Waals surface area (Å²) < 4.78 is 0. The van der Waals surface area contributed by atoms with E-state index in [4.69, 9.17) is 11.6 Å². The highest BCUT2D eigenvalue weighted by Gasteiger charge is 2.28. The number of fused-ring (bicyclic) bond motifs is 1. The molecule has 5 nitrogen and oxygen atoms in total. The van der Waals surface area contributed by atoms with Crippen molar-refractivity contribution < 1.29 is 9.59 Å². The van der Waals surface area contributed by atoms with E-state index < -0.39 is 0 Å². The third-order valence-electron chi connectivity index (χ3n) is 6.67. The second-order valence-electron chi connectivity index (χ2n) is 8.86. The lowest BCUT2D eigenvalue weighted by molar-refractivity contribution is 0.0766. The molecule has 1 atom stereocenters. The molecule has 2 heterocycles. The predicted molar refractivity (Wildman–Crippen MR) is 128 cm³/mol. The zero-order valence-electron chi connectivity index (χ0n) is 18.8. The number of carbonyl (C=O) groups excluding carboxylic acids is 2. The lowest BCUT2D eigenvalue weighted by atomic mass is 10.00. The Morgan fingerprint density at radius 2 is 1.97 bits per heavy atom. The van der Waals surface area contributed by atoms with Gasteiger partial charge in [-0.1, -0.05) is 43.1 Å². The first-order valence-corrected chi connectivity index (χ1v) is 12.1. The minimum absolute atomic E-state index is 0.0275. The predicted octanol–water partition coefficient (Wildman–Crippen LogP) is 4.88. The number of amides is 2. The van der Waals surface area contributed by atoms with Crippen molar-refractivity contribution in [3.8, 4) is 0 Å². The average molecular weight is 454 g/mol. The van der Waals surface area contributed by atoms with E-state index in [1.807, 2.05) is 36.4 Å². The molecule has 4 rings (SSSR count). The van der Waals surface area contributed by atoms with Crippen molar-refractivity contribution in [3.63, 3.8) is 0 Å². The molecule has 1 fully saturated rings. The van der Waals surface area contributed by atoms with Crippen LogP contribution in [-0.2, 0) is 13.1 Å². The number of nitrogens with zero attached hydrogens (tertiary/aromatic N) is 2. The number of rotatable bonds is 8. The highest BCUT2D eigenvalue weighted by atomic mass is 35.5. The average Bonchev–Trinajstić information content (AvgIpc) is 3.12. The van der Waals surface area contributed by atoms with Crippen LogP contribution in [0.3, 0.4) is 0 Å². The summed E-state index contributed by atoms with van der Waals surface area (Å²) in [5.41, 5.74) is 3.18. The fourth-order valence-corrected chi connectivity index (χ4v) is 4.97. The van der Waals surface area contributed by atoms with Crippen LogP contribution in [0.5, 0.6) is 0 Å². The Kier molecular flexibility index (Phi) is 7.48. The molecular formula is C26H32ClN3O2. The SMILES string of the molecule is CCC1CCCCN1CCCNC(=O)c1ccc2c(c1)C(=O)N(Cc1ccc(Cl)cc1)C2. The monoisotopic (exact) mass is 453 g/mol. The number of hydrogen-bond acceptors (Lipinski definition) is 3. The Morgan fingerprint density at radius 3 is 2.75 bits per heavy atom. The van der Waals surface area contributed by atoms with Gasteiger partial charge in [-0.2, -0.15) is 0 Å². The van der Waals surface area contributed by atoms with Crippen molar-refractivity contribution in [3.05, 3.63) is 69.7 Å². The van der Waals surface area contributed by atoms with Crippen LogP contribution in [0.25, 0.3) is 0 Å². The fourth-order valence-electron chi connectivity index (χ4n) is 4.84. The number of hydrogen-bond donors (Lipinski definition) is 1. The van der Waals surface area contributed by atoms with Gasteiger partial charge in [0.1, 0.15) is 0 Å². The highest BCUT2D eigenvalue weighted by molar-refractivity contribution is 6.30. The van der Waals surface area contributed by atoms with E-state index in [9.17, 15) is 9.59 Å². The van der Waals surface area contributed by atoms with E-state index in [0.29, 0.717) is 41.8 Å². The molecule has 0 radical (unpaired) electrons. The number of piperidine rings is 1. The van der Waals surface area contributed by atoms with Crippen molar-refractivity contribution in [1.82, 2.24) is 15.1 Å². The van der Waals surface area contributed by atoms with E-state index in [0.717, 1.165) is 24.1 Å². The Balaban J connectivity index is 1.29. The molecule has 32 heavy (non-hydrogen) atoms. The van der Waals surface area contributed by atoms with Gasteiger partial charge >= 0.3 is 0 Å². The zero-order chi connectivity index (χ0) is 22.5. The van der Waals surface area contributed by atoms with Gasteiger partial charge in [0.15, 0.2) is 0 Å². The van der Waals surface area contributed by atoms with Crippen LogP contribution in [0, 0.1) is 0 Å². The van der Waals surface area contributed by atoms with Gasteiger partial charge in [0.2, 0.25) is 0 Å². The Labute approximate surface area is 195 Å². The normalized spacial score (nSPS) is 18.6. The number of halogens is 1. The van der Waals surface area contributed by atoms with Gasteiger partial charge in [0, 0.05) is 48.4 Å². The first kappa shape index (κ1) is 22.8. The van der Waals surface area contributed by atoms with Crippen LogP contribution in [0.2, 0.25) is 5.02 Å². The molecule has 0 spiro atoms. The van der Waals surface area contributed by atoms with Gasteiger partial charge in [-0.15, -0.1) is 0 Å². The molecule has 6 heteroatoms. The summed E-state index contributed by atoms with van der Waals surface area (Å²) in [7, 11) is 0. The van der Waals surface area contributed by atoms with E-state index in [1.54, 1.807) is 11.0 Å². The third kappa shape index (κ3) is 5.33. The van der Waals surface area contributed by atoms with Crippen LogP contribution in [0.15, 0.2) is 42.5 Å². The standard InChI is InChI=1S/C26H32ClN3O2/c1-2-23-6-3-4-14-29(23)15-5-13-28-25(31)20-9-10-21-18-30(26(32)24(21)16-20)17-19-7-11-22(27)12-8-19/h7-12,16,23H,2-6,13-15,17-18H2,1H3,(H,28,31). The smallest absolute Gasteiger partial charge is 0.254 e. The van der Waals surface area contributed by atoms with Gasteiger partial charge in [0.25, 0.3) is 11.8 Å². The molecule has 170 valence electrons. The van der Waals surface area contributed by atoms with Crippen molar-refractivity contribution >= 4 is 23.4 Å². The van der Waals surface area contributed by atoms with Gasteiger partial charge < -0.3 is 15.1 Å². The zero-order valence-corrected chi connectivity index (χ0v) is 19.5. The van der Waals surface area contributed by atoms with Crippen LogP contribution in [0.4, 0.5) is 0 Å². The van der Waals surface area contributed by atoms with E-state index >= 15 is 0 Å². The Hall–Kier alpha value is -2.37. The lowest BCUT2D eigenvalue weighted by Gasteiger charge is -2.35. The molecule has 2 aliphatic heterocycles.